The van der Waals surface area contributed by atoms with Gasteiger partial charge in [-0.1, -0.05) is 38.1 Å². The molecule has 0 radical (unpaired) electrons. The van der Waals surface area contributed by atoms with E-state index in [1.807, 2.05) is 79.6 Å². The van der Waals surface area contributed by atoms with Crippen molar-refractivity contribution in [2.75, 3.05) is 45.8 Å². The molecule has 0 fully saturated rings. The average molecular weight is 554 g/mol. The first-order valence-electron chi connectivity index (χ1n) is 13.1. The molecule has 0 aliphatic rings. The molecule has 39 heavy (non-hydrogen) atoms. The van der Waals surface area contributed by atoms with Crippen molar-refractivity contribution in [2.24, 2.45) is 5.92 Å². The Morgan fingerprint density at radius 3 is 2.38 bits per heavy atom. The molecule has 0 saturated carbocycles. The maximum absolute atomic E-state index is 13.7. The van der Waals surface area contributed by atoms with Gasteiger partial charge in [0.05, 0.1) is 33.1 Å². The number of anilines is 1. The van der Waals surface area contributed by atoms with Crippen molar-refractivity contribution >= 4 is 29.0 Å². The lowest BCUT2D eigenvalue weighted by molar-refractivity contribution is -0.132. The highest BCUT2D eigenvalue weighted by Gasteiger charge is 2.23. The zero-order valence-electron chi connectivity index (χ0n) is 23.4. The van der Waals surface area contributed by atoms with E-state index in [2.05, 4.69) is 5.32 Å². The normalized spacial score (nSPS) is 10.7. The third kappa shape index (κ3) is 8.92. The van der Waals surface area contributed by atoms with Gasteiger partial charge in [-0.05, 0) is 60.5 Å². The van der Waals surface area contributed by atoms with E-state index in [4.69, 9.17) is 14.2 Å². The highest BCUT2D eigenvalue weighted by molar-refractivity contribution is 7.09. The van der Waals surface area contributed by atoms with Gasteiger partial charge in [-0.2, -0.15) is 0 Å². The first kappa shape index (κ1) is 29.8. The fourth-order valence-electron chi connectivity index (χ4n) is 4.15. The zero-order chi connectivity index (χ0) is 28.2. The second-order valence-corrected chi connectivity index (χ2v) is 10.5. The highest BCUT2D eigenvalue weighted by Crippen LogP contribution is 2.28. The number of para-hydroxylation sites is 2. The Morgan fingerprint density at radius 2 is 1.72 bits per heavy atom. The van der Waals surface area contributed by atoms with Crippen LogP contribution in [0, 0.1) is 5.92 Å². The highest BCUT2D eigenvalue weighted by atomic mass is 32.1. The number of nitrogens with one attached hydrogen (secondary N) is 1. The first-order chi connectivity index (χ1) is 18.8. The van der Waals surface area contributed by atoms with Crippen LogP contribution in [-0.4, -0.2) is 62.2 Å². The molecule has 8 nitrogen and oxygen atoms in total. The van der Waals surface area contributed by atoms with E-state index >= 15 is 0 Å². The van der Waals surface area contributed by atoms with Gasteiger partial charge in [0.15, 0.2) is 11.5 Å². The van der Waals surface area contributed by atoms with Gasteiger partial charge in [-0.15, -0.1) is 11.3 Å². The summed E-state index contributed by atoms with van der Waals surface area (Å²) in [6, 6.07) is 16.7. The molecule has 1 heterocycles. The van der Waals surface area contributed by atoms with Gasteiger partial charge in [-0.25, -0.2) is 4.79 Å². The lowest BCUT2D eigenvalue weighted by Crippen LogP contribution is -2.46. The van der Waals surface area contributed by atoms with Crippen molar-refractivity contribution in [2.45, 2.75) is 33.7 Å². The number of nitrogens with zero attached hydrogens (tertiary/aromatic N) is 2. The molecule has 3 aromatic rings. The van der Waals surface area contributed by atoms with E-state index in [0.717, 1.165) is 10.4 Å². The van der Waals surface area contributed by atoms with Crippen LogP contribution in [0.2, 0.25) is 0 Å². The molecule has 1 aromatic heterocycles. The van der Waals surface area contributed by atoms with E-state index in [1.54, 1.807) is 36.5 Å². The minimum Gasteiger partial charge on any atom is -0.493 e. The van der Waals surface area contributed by atoms with Crippen LogP contribution in [0.15, 0.2) is 60.0 Å². The minimum absolute atomic E-state index is 0.0296. The van der Waals surface area contributed by atoms with Gasteiger partial charge >= 0.3 is 6.03 Å². The Balaban J connectivity index is 1.76. The third-order valence-electron chi connectivity index (χ3n) is 6.03. The predicted octanol–water partition coefficient (Wildman–Crippen LogP) is 5.93. The number of hydrogen-bond donors (Lipinski definition) is 1. The van der Waals surface area contributed by atoms with Gasteiger partial charge in [0.25, 0.3) is 0 Å². The molecule has 0 saturated heterocycles. The number of benzene rings is 2. The topological polar surface area (TPSA) is 80.3 Å². The predicted molar refractivity (Wildman–Crippen MR) is 156 cm³/mol. The standard InChI is InChI=1S/C30H39N3O5S/c1-6-38-26-12-8-7-11-25(26)31-30(35)33(19-22(2)3)21-29(34)32(20-24-10-9-17-39-24)16-15-23-13-14-27(36-4)28(18-23)37-5/h7-14,17-18,22H,6,15-16,19-21H2,1-5H3,(H,31,35). The van der Waals surface area contributed by atoms with Crippen molar-refractivity contribution in [3.05, 3.63) is 70.4 Å². The Labute approximate surface area is 235 Å². The first-order valence-corrected chi connectivity index (χ1v) is 14.0. The summed E-state index contributed by atoms with van der Waals surface area (Å²) in [6.45, 7) is 7.82. The molecule has 210 valence electrons. The van der Waals surface area contributed by atoms with Gasteiger partial charge in [0.1, 0.15) is 12.3 Å². The maximum Gasteiger partial charge on any atom is 0.322 e. The van der Waals surface area contributed by atoms with Crippen LogP contribution in [-0.2, 0) is 17.8 Å². The quantitative estimate of drug-likeness (QED) is 0.268. The van der Waals surface area contributed by atoms with Gasteiger partial charge in [-0.3, -0.25) is 4.79 Å². The molecule has 3 rings (SSSR count). The maximum atomic E-state index is 13.7. The van der Waals surface area contributed by atoms with Crippen molar-refractivity contribution < 1.29 is 23.8 Å². The lowest BCUT2D eigenvalue weighted by atomic mass is 10.1. The fourth-order valence-corrected chi connectivity index (χ4v) is 4.87. The molecule has 0 bridgehead atoms. The van der Waals surface area contributed by atoms with Crippen LogP contribution >= 0.6 is 11.3 Å². The van der Waals surface area contributed by atoms with Crippen molar-refractivity contribution in [3.63, 3.8) is 0 Å². The van der Waals surface area contributed by atoms with Crippen LogP contribution in [0.4, 0.5) is 10.5 Å². The van der Waals surface area contributed by atoms with E-state index in [9.17, 15) is 9.59 Å². The molecular formula is C30H39N3O5S. The van der Waals surface area contributed by atoms with Gasteiger partial charge < -0.3 is 29.3 Å². The molecular weight excluding hydrogens is 514 g/mol. The smallest absolute Gasteiger partial charge is 0.322 e. The number of ether oxygens (including phenoxy) is 3. The van der Waals surface area contributed by atoms with Gasteiger partial charge in [0.2, 0.25) is 5.91 Å². The second kappa shape index (κ2) is 15.0. The summed E-state index contributed by atoms with van der Waals surface area (Å²) in [5.41, 5.74) is 1.61. The summed E-state index contributed by atoms with van der Waals surface area (Å²) < 4.78 is 16.4. The van der Waals surface area contributed by atoms with Crippen LogP contribution in [0.25, 0.3) is 0 Å². The number of urea groups is 1. The Bertz CT molecular complexity index is 1200. The Morgan fingerprint density at radius 1 is 0.949 bits per heavy atom. The molecule has 0 unspecified atom stereocenters. The summed E-state index contributed by atoms with van der Waals surface area (Å²) in [4.78, 5) is 31.5. The van der Waals surface area contributed by atoms with Crippen LogP contribution in [0.5, 0.6) is 17.2 Å². The van der Waals surface area contributed by atoms with Crippen LogP contribution < -0.4 is 19.5 Å². The zero-order valence-corrected chi connectivity index (χ0v) is 24.3. The molecule has 0 aliphatic heterocycles. The largest absolute Gasteiger partial charge is 0.493 e. The van der Waals surface area contributed by atoms with E-state index in [1.165, 1.54) is 0 Å². The van der Waals surface area contributed by atoms with E-state index in [0.29, 0.717) is 55.6 Å². The molecule has 0 spiro atoms. The second-order valence-electron chi connectivity index (χ2n) is 9.47. The van der Waals surface area contributed by atoms with Crippen LogP contribution in [0.3, 0.4) is 0 Å². The van der Waals surface area contributed by atoms with Gasteiger partial charge in [0, 0.05) is 18.0 Å². The molecule has 1 N–H and O–H groups in total. The van der Waals surface area contributed by atoms with E-state index in [-0.39, 0.29) is 24.4 Å². The molecule has 2 aromatic carbocycles. The van der Waals surface area contributed by atoms with Crippen LogP contribution in [0.1, 0.15) is 31.2 Å². The minimum atomic E-state index is -0.333. The summed E-state index contributed by atoms with van der Waals surface area (Å²) in [5, 5.41) is 4.94. The Hall–Kier alpha value is -3.72. The SMILES string of the molecule is CCOc1ccccc1NC(=O)N(CC(=O)N(CCc1ccc(OC)c(OC)c1)Cc1cccs1)CC(C)C. The third-order valence-corrected chi connectivity index (χ3v) is 6.89. The molecule has 0 atom stereocenters. The average Bonchev–Trinajstić information content (AvgIpc) is 3.44. The monoisotopic (exact) mass is 553 g/mol. The number of carbonyl (C=O) groups excluding carboxylic acids is 2. The fraction of sp³-hybridized carbons (Fsp3) is 0.400. The number of methoxy groups -OCH3 is 2. The Kier molecular flexibility index (Phi) is 11.5. The number of rotatable bonds is 14. The molecule has 9 heteroatoms. The molecule has 3 amide bonds. The van der Waals surface area contributed by atoms with Crippen molar-refractivity contribution in [1.29, 1.82) is 0 Å². The number of carbonyl (C=O) groups is 2. The van der Waals surface area contributed by atoms with Crippen molar-refractivity contribution in [3.8, 4) is 17.2 Å². The summed E-state index contributed by atoms with van der Waals surface area (Å²) >= 11 is 1.61. The summed E-state index contributed by atoms with van der Waals surface area (Å²) in [6.07, 6.45) is 0.635. The summed E-state index contributed by atoms with van der Waals surface area (Å²) in [5.74, 6) is 1.98. The van der Waals surface area contributed by atoms with Crippen molar-refractivity contribution in [1.82, 2.24) is 9.80 Å². The van der Waals surface area contributed by atoms with E-state index < -0.39 is 0 Å². The summed E-state index contributed by atoms with van der Waals surface area (Å²) in [7, 11) is 3.21. The number of amides is 3. The molecule has 0 aliphatic carbocycles. The number of thiophene rings is 1. The lowest BCUT2D eigenvalue weighted by Gasteiger charge is -2.29. The number of hydrogen-bond acceptors (Lipinski definition) is 6.